The predicted molar refractivity (Wildman–Crippen MR) is 69.0 cm³/mol. The zero-order valence-electron chi connectivity index (χ0n) is 10.1. The van der Waals surface area contributed by atoms with E-state index in [1.54, 1.807) is 6.20 Å². The lowest BCUT2D eigenvalue weighted by molar-refractivity contribution is -0.131. The van der Waals surface area contributed by atoms with Gasteiger partial charge in [-0.05, 0) is 30.7 Å². The highest BCUT2D eigenvalue weighted by atomic mass is 16.4. The summed E-state index contributed by atoms with van der Waals surface area (Å²) in [5.41, 5.74) is 1.82. The molecule has 1 aromatic heterocycles. The van der Waals surface area contributed by atoms with Crippen molar-refractivity contribution in [2.45, 2.75) is 6.92 Å². The lowest BCUT2D eigenvalue weighted by atomic mass is 10.2. The van der Waals surface area contributed by atoms with E-state index in [1.165, 1.54) is 6.08 Å². The molecule has 0 radical (unpaired) electrons. The van der Waals surface area contributed by atoms with Crippen LogP contribution in [0.5, 0.6) is 0 Å². The fourth-order valence-electron chi connectivity index (χ4n) is 1.38. The first-order valence-corrected chi connectivity index (χ1v) is 5.21. The van der Waals surface area contributed by atoms with E-state index in [0.29, 0.717) is 0 Å². The van der Waals surface area contributed by atoms with Crippen molar-refractivity contribution in [1.82, 2.24) is 4.98 Å². The molecule has 0 spiro atoms. The Balaban J connectivity index is 2.74. The third-order valence-electron chi connectivity index (χ3n) is 2.09. The molecule has 0 unspecified atom stereocenters. The van der Waals surface area contributed by atoms with Gasteiger partial charge in [0, 0.05) is 25.9 Å². The fraction of sp³-hybridized carbons (Fsp3) is 0.231. The second kappa shape index (κ2) is 5.84. The SMILES string of the molecule is C=C(C)CN(C)c1ccc(/C=C/C(=O)O)cn1. The van der Waals surface area contributed by atoms with Gasteiger partial charge in [0.05, 0.1) is 0 Å². The van der Waals surface area contributed by atoms with Crippen molar-refractivity contribution < 1.29 is 9.90 Å². The summed E-state index contributed by atoms with van der Waals surface area (Å²) in [5.74, 6) is -0.131. The number of carboxylic acids is 1. The van der Waals surface area contributed by atoms with Crippen LogP contribution in [0.1, 0.15) is 12.5 Å². The Kier molecular flexibility index (Phi) is 4.46. The van der Waals surface area contributed by atoms with Crippen LogP contribution in [0.3, 0.4) is 0 Å². The summed E-state index contributed by atoms with van der Waals surface area (Å²) in [4.78, 5) is 16.6. The summed E-state index contributed by atoms with van der Waals surface area (Å²) in [7, 11) is 1.93. The lowest BCUT2D eigenvalue weighted by Crippen LogP contribution is -2.19. The van der Waals surface area contributed by atoms with Crippen molar-refractivity contribution in [2.75, 3.05) is 18.5 Å². The van der Waals surface area contributed by atoms with Crippen molar-refractivity contribution in [3.05, 3.63) is 42.1 Å². The highest BCUT2D eigenvalue weighted by Gasteiger charge is 2.01. The lowest BCUT2D eigenvalue weighted by Gasteiger charge is -2.17. The van der Waals surface area contributed by atoms with Crippen LogP contribution in [-0.2, 0) is 4.79 Å². The minimum atomic E-state index is -0.964. The van der Waals surface area contributed by atoms with Crippen molar-refractivity contribution in [3.8, 4) is 0 Å². The molecule has 0 amide bonds. The summed E-state index contributed by atoms with van der Waals surface area (Å²) >= 11 is 0. The van der Waals surface area contributed by atoms with Crippen LogP contribution in [0.4, 0.5) is 5.82 Å². The molecule has 0 saturated heterocycles. The molecule has 0 aliphatic heterocycles. The smallest absolute Gasteiger partial charge is 0.328 e. The van der Waals surface area contributed by atoms with E-state index >= 15 is 0 Å². The van der Waals surface area contributed by atoms with E-state index in [1.807, 2.05) is 31.0 Å². The molecule has 4 nitrogen and oxygen atoms in total. The molecule has 1 heterocycles. The topological polar surface area (TPSA) is 53.4 Å². The summed E-state index contributed by atoms with van der Waals surface area (Å²) in [6, 6.07) is 3.68. The Morgan fingerprint density at radius 1 is 1.59 bits per heavy atom. The number of carbonyl (C=O) groups is 1. The van der Waals surface area contributed by atoms with Gasteiger partial charge in [-0.15, -0.1) is 0 Å². The fourth-order valence-corrected chi connectivity index (χ4v) is 1.38. The average Bonchev–Trinajstić information content (AvgIpc) is 2.26. The highest BCUT2D eigenvalue weighted by Crippen LogP contribution is 2.11. The van der Waals surface area contributed by atoms with E-state index in [9.17, 15) is 4.79 Å². The van der Waals surface area contributed by atoms with Crippen molar-refractivity contribution in [1.29, 1.82) is 0 Å². The van der Waals surface area contributed by atoms with Crippen LogP contribution in [0, 0.1) is 0 Å². The van der Waals surface area contributed by atoms with Gasteiger partial charge in [0.2, 0.25) is 0 Å². The van der Waals surface area contributed by atoms with Gasteiger partial charge in [0.15, 0.2) is 0 Å². The van der Waals surface area contributed by atoms with E-state index in [-0.39, 0.29) is 0 Å². The number of aromatic nitrogens is 1. The summed E-state index contributed by atoms with van der Waals surface area (Å²) in [5, 5.41) is 8.49. The Bertz CT molecular complexity index is 435. The van der Waals surface area contributed by atoms with Crippen molar-refractivity contribution >= 4 is 17.9 Å². The largest absolute Gasteiger partial charge is 0.478 e. The predicted octanol–water partition coefficient (Wildman–Crippen LogP) is 2.19. The molecular weight excluding hydrogens is 216 g/mol. The minimum Gasteiger partial charge on any atom is -0.478 e. The highest BCUT2D eigenvalue weighted by molar-refractivity contribution is 5.85. The van der Waals surface area contributed by atoms with Crippen LogP contribution in [0.2, 0.25) is 0 Å². The zero-order valence-corrected chi connectivity index (χ0v) is 10.1. The van der Waals surface area contributed by atoms with E-state index in [0.717, 1.165) is 29.6 Å². The quantitative estimate of drug-likeness (QED) is 0.624. The first kappa shape index (κ1) is 13.0. The molecular formula is C13H16N2O2. The van der Waals surface area contributed by atoms with E-state index in [2.05, 4.69) is 11.6 Å². The molecule has 4 heteroatoms. The third kappa shape index (κ3) is 4.51. The number of likely N-dealkylation sites (N-methyl/N-ethyl adjacent to an activating group) is 1. The van der Waals surface area contributed by atoms with Gasteiger partial charge in [-0.25, -0.2) is 9.78 Å². The second-order valence-corrected chi connectivity index (χ2v) is 3.93. The van der Waals surface area contributed by atoms with Crippen LogP contribution in [-0.4, -0.2) is 29.7 Å². The molecule has 0 aromatic carbocycles. The number of carboxylic acid groups (broad SMARTS) is 1. The normalized spacial score (nSPS) is 10.5. The minimum absolute atomic E-state index is 0.747. The molecule has 1 rings (SSSR count). The van der Waals surface area contributed by atoms with Crippen LogP contribution in [0.15, 0.2) is 36.6 Å². The van der Waals surface area contributed by atoms with Gasteiger partial charge in [0.25, 0.3) is 0 Å². The number of hydrogen-bond donors (Lipinski definition) is 1. The van der Waals surface area contributed by atoms with Crippen molar-refractivity contribution in [3.63, 3.8) is 0 Å². The molecule has 17 heavy (non-hydrogen) atoms. The van der Waals surface area contributed by atoms with Gasteiger partial charge in [-0.1, -0.05) is 12.2 Å². The molecule has 0 aliphatic rings. The number of pyridine rings is 1. The standard InChI is InChI=1S/C13H16N2O2/c1-10(2)9-15(3)12-6-4-11(8-14-12)5-7-13(16)17/h4-8H,1,9H2,2-3H3,(H,16,17)/b7-5+. The molecule has 0 aliphatic carbocycles. The van der Waals surface area contributed by atoms with Gasteiger partial charge >= 0.3 is 5.97 Å². The van der Waals surface area contributed by atoms with Gasteiger partial charge < -0.3 is 10.0 Å². The maximum atomic E-state index is 10.3. The van der Waals surface area contributed by atoms with Gasteiger partial charge in [-0.3, -0.25) is 0 Å². The Morgan fingerprint density at radius 2 is 2.29 bits per heavy atom. The maximum absolute atomic E-state index is 10.3. The first-order chi connectivity index (χ1) is 7.99. The number of aliphatic carboxylic acids is 1. The van der Waals surface area contributed by atoms with Crippen molar-refractivity contribution in [2.24, 2.45) is 0 Å². The first-order valence-electron chi connectivity index (χ1n) is 5.21. The molecule has 0 fully saturated rings. The monoisotopic (exact) mass is 232 g/mol. The summed E-state index contributed by atoms with van der Waals surface area (Å²) in [6.45, 7) is 6.55. The van der Waals surface area contributed by atoms with Crippen LogP contribution >= 0.6 is 0 Å². The Labute approximate surface area is 101 Å². The van der Waals surface area contributed by atoms with Crippen LogP contribution in [0.25, 0.3) is 6.08 Å². The number of nitrogens with zero attached hydrogens (tertiary/aromatic N) is 2. The number of hydrogen-bond acceptors (Lipinski definition) is 3. The molecule has 0 saturated carbocycles. The summed E-state index contributed by atoms with van der Waals surface area (Å²) in [6.07, 6.45) is 4.25. The molecule has 1 N–H and O–H groups in total. The van der Waals surface area contributed by atoms with Gasteiger partial charge in [-0.2, -0.15) is 0 Å². The third-order valence-corrected chi connectivity index (χ3v) is 2.09. The van der Waals surface area contributed by atoms with Gasteiger partial charge in [0.1, 0.15) is 5.82 Å². The van der Waals surface area contributed by atoms with E-state index < -0.39 is 5.97 Å². The average molecular weight is 232 g/mol. The molecule has 1 aromatic rings. The number of rotatable bonds is 5. The Morgan fingerprint density at radius 3 is 2.76 bits per heavy atom. The van der Waals surface area contributed by atoms with E-state index in [4.69, 9.17) is 5.11 Å². The van der Waals surface area contributed by atoms with Crippen LogP contribution < -0.4 is 4.90 Å². The molecule has 0 atom stereocenters. The second-order valence-electron chi connectivity index (χ2n) is 3.93. The molecule has 90 valence electrons. The zero-order chi connectivity index (χ0) is 12.8. The number of anilines is 1. The summed E-state index contributed by atoms with van der Waals surface area (Å²) < 4.78 is 0. The Hall–Kier alpha value is -2.10. The maximum Gasteiger partial charge on any atom is 0.328 e. The molecule has 0 bridgehead atoms.